The molecule has 0 amide bonds. The number of hydrogen-bond donors (Lipinski definition) is 1. The van der Waals surface area contributed by atoms with Crippen molar-refractivity contribution in [3.05, 3.63) is 42.1 Å². The summed E-state index contributed by atoms with van der Waals surface area (Å²) in [6.07, 6.45) is 1.68. The van der Waals surface area contributed by atoms with Gasteiger partial charge < -0.3 is 5.73 Å². The highest BCUT2D eigenvalue weighted by Crippen LogP contribution is 2.26. The first-order chi connectivity index (χ1) is 7.97. The van der Waals surface area contributed by atoms with Gasteiger partial charge in [-0.3, -0.25) is 0 Å². The highest BCUT2D eigenvalue weighted by atomic mass is 15.0. The predicted octanol–water partition coefficient (Wildman–Crippen LogP) is 3.02. The van der Waals surface area contributed by atoms with Gasteiger partial charge in [0.25, 0.3) is 0 Å². The van der Waals surface area contributed by atoms with Crippen LogP contribution in [0.3, 0.4) is 0 Å². The van der Waals surface area contributed by atoms with Crippen LogP contribution >= 0.6 is 0 Å². The minimum Gasteiger partial charge on any atom is -0.368 e. The Morgan fingerprint density at radius 1 is 1.12 bits per heavy atom. The van der Waals surface area contributed by atoms with Gasteiger partial charge in [0.05, 0.1) is 5.69 Å². The summed E-state index contributed by atoms with van der Waals surface area (Å²) in [4.78, 5) is 8.14. The molecule has 2 N–H and O–H groups in total. The van der Waals surface area contributed by atoms with Gasteiger partial charge in [0.2, 0.25) is 5.95 Å². The van der Waals surface area contributed by atoms with E-state index < -0.39 is 0 Å². The molecule has 0 aliphatic carbocycles. The summed E-state index contributed by atoms with van der Waals surface area (Å²) in [5.74, 6) is 0.309. The van der Waals surface area contributed by atoms with E-state index in [1.165, 1.54) is 5.56 Å². The molecule has 0 aliphatic rings. The molecule has 2 rings (SSSR count). The summed E-state index contributed by atoms with van der Waals surface area (Å²) in [7, 11) is 0. The predicted molar refractivity (Wildman–Crippen MR) is 70.6 cm³/mol. The third kappa shape index (κ3) is 2.61. The van der Waals surface area contributed by atoms with E-state index in [4.69, 9.17) is 5.73 Å². The Bertz CT molecular complexity index is 527. The number of benzene rings is 1. The maximum absolute atomic E-state index is 5.60. The van der Waals surface area contributed by atoms with Crippen molar-refractivity contribution in [2.75, 3.05) is 5.73 Å². The first-order valence-corrected chi connectivity index (χ1v) is 5.66. The van der Waals surface area contributed by atoms with Crippen molar-refractivity contribution < 1.29 is 0 Å². The summed E-state index contributed by atoms with van der Waals surface area (Å²) in [5.41, 5.74) is 8.96. The minimum absolute atomic E-state index is 0.134. The highest BCUT2D eigenvalue weighted by Gasteiger charge is 2.14. The monoisotopic (exact) mass is 227 g/mol. The van der Waals surface area contributed by atoms with E-state index in [9.17, 15) is 0 Å². The van der Waals surface area contributed by atoms with Gasteiger partial charge in [0, 0.05) is 11.8 Å². The lowest BCUT2D eigenvalue weighted by Crippen LogP contribution is -2.10. The Labute approximate surface area is 102 Å². The molecule has 0 saturated heterocycles. The molecule has 0 fully saturated rings. The largest absolute Gasteiger partial charge is 0.368 e. The van der Waals surface area contributed by atoms with Crippen LogP contribution in [0.5, 0.6) is 0 Å². The van der Waals surface area contributed by atoms with Crippen molar-refractivity contribution in [2.45, 2.75) is 26.2 Å². The van der Waals surface area contributed by atoms with Gasteiger partial charge in [0.1, 0.15) is 0 Å². The molecule has 0 aliphatic heterocycles. The second-order valence-corrected chi connectivity index (χ2v) is 5.13. The van der Waals surface area contributed by atoms with Crippen molar-refractivity contribution in [2.24, 2.45) is 0 Å². The quantitative estimate of drug-likeness (QED) is 0.814. The zero-order valence-electron chi connectivity index (χ0n) is 10.4. The van der Waals surface area contributed by atoms with E-state index in [0.29, 0.717) is 5.95 Å². The van der Waals surface area contributed by atoms with Crippen LogP contribution in [-0.2, 0) is 5.41 Å². The van der Waals surface area contributed by atoms with Gasteiger partial charge in [-0.15, -0.1) is 0 Å². The fraction of sp³-hybridized carbons (Fsp3) is 0.286. The van der Waals surface area contributed by atoms with Gasteiger partial charge in [-0.25, -0.2) is 9.97 Å². The van der Waals surface area contributed by atoms with E-state index in [1.54, 1.807) is 6.20 Å². The Morgan fingerprint density at radius 2 is 1.88 bits per heavy atom. The number of hydrogen-bond acceptors (Lipinski definition) is 3. The van der Waals surface area contributed by atoms with Crippen LogP contribution in [0.1, 0.15) is 26.3 Å². The molecule has 0 saturated carbocycles. The van der Waals surface area contributed by atoms with Crippen LogP contribution < -0.4 is 5.73 Å². The van der Waals surface area contributed by atoms with Crippen molar-refractivity contribution in [1.82, 2.24) is 9.97 Å². The van der Waals surface area contributed by atoms with Crippen LogP contribution in [0.15, 0.2) is 36.5 Å². The fourth-order valence-electron chi connectivity index (χ4n) is 1.68. The average Bonchev–Trinajstić information content (AvgIpc) is 2.28. The molecule has 3 nitrogen and oxygen atoms in total. The Morgan fingerprint density at radius 3 is 2.53 bits per heavy atom. The van der Waals surface area contributed by atoms with Crippen LogP contribution in [0.25, 0.3) is 11.3 Å². The molecule has 0 bridgehead atoms. The van der Waals surface area contributed by atoms with Gasteiger partial charge in [-0.2, -0.15) is 0 Å². The van der Waals surface area contributed by atoms with Crippen LogP contribution in [0.4, 0.5) is 5.95 Å². The maximum Gasteiger partial charge on any atom is 0.220 e. The van der Waals surface area contributed by atoms with E-state index in [-0.39, 0.29) is 5.41 Å². The molecule has 0 spiro atoms. The molecule has 1 heterocycles. The third-order valence-corrected chi connectivity index (χ3v) is 2.70. The molecule has 88 valence electrons. The summed E-state index contributed by atoms with van der Waals surface area (Å²) in [6.45, 7) is 6.58. The molecule has 0 unspecified atom stereocenters. The first-order valence-electron chi connectivity index (χ1n) is 5.66. The van der Waals surface area contributed by atoms with Crippen LogP contribution in [0.2, 0.25) is 0 Å². The summed E-state index contributed by atoms with van der Waals surface area (Å²) < 4.78 is 0. The number of nitrogens with two attached hydrogens (primary N) is 1. The number of rotatable bonds is 1. The molecule has 0 radical (unpaired) electrons. The van der Waals surface area contributed by atoms with E-state index in [0.717, 1.165) is 11.3 Å². The SMILES string of the molecule is CC(C)(C)c1cccc(-c2ccnc(N)n2)c1. The summed E-state index contributed by atoms with van der Waals surface area (Å²) in [5, 5.41) is 0. The topological polar surface area (TPSA) is 51.8 Å². The molecule has 3 heteroatoms. The normalized spacial score (nSPS) is 11.5. The first kappa shape index (κ1) is 11.6. The van der Waals surface area contributed by atoms with Gasteiger partial charge >= 0.3 is 0 Å². The Kier molecular flexibility index (Phi) is 2.84. The molecule has 17 heavy (non-hydrogen) atoms. The Balaban J connectivity index is 2.47. The Hall–Kier alpha value is -1.90. The molecular weight excluding hydrogens is 210 g/mol. The van der Waals surface area contributed by atoms with Gasteiger partial charge in [-0.1, -0.05) is 39.0 Å². The lowest BCUT2D eigenvalue weighted by atomic mass is 9.86. The van der Waals surface area contributed by atoms with E-state index >= 15 is 0 Å². The summed E-state index contributed by atoms with van der Waals surface area (Å²) in [6, 6.07) is 10.2. The van der Waals surface area contributed by atoms with Crippen molar-refractivity contribution in [3.63, 3.8) is 0 Å². The van der Waals surface area contributed by atoms with E-state index in [2.05, 4.69) is 42.9 Å². The van der Waals surface area contributed by atoms with Crippen molar-refractivity contribution in [1.29, 1.82) is 0 Å². The number of aromatic nitrogens is 2. The molecule has 2 aromatic rings. The average molecular weight is 227 g/mol. The lowest BCUT2D eigenvalue weighted by Gasteiger charge is -2.19. The molecular formula is C14H17N3. The fourth-order valence-corrected chi connectivity index (χ4v) is 1.68. The molecule has 0 atom stereocenters. The van der Waals surface area contributed by atoms with Crippen LogP contribution in [0, 0.1) is 0 Å². The standard InChI is InChI=1S/C14H17N3/c1-14(2,3)11-6-4-5-10(9-11)12-7-8-16-13(15)17-12/h4-9H,1-3H3,(H2,15,16,17). The zero-order valence-corrected chi connectivity index (χ0v) is 10.4. The van der Waals surface area contributed by atoms with Crippen LogP contribution in [-0.4, -0.2) is 9.97 Å². The second-order valence-electron chi connectivity index (χ2n) is 5.13. The third-order valence-electron chi connectivity index (χ3n) is 2.70. The van der Waals surface area contributed by atoms with Crippen molar-refractivity contribution >= 4 is 5.95 Å². The number of nitrogen functional groups attached to an aromatic ring is 1. The summed E-state index contributed by atoms with van der Waals surface area (Å²) >= 11 is 0. The minimum atomic E-state index is 0.134. The van der Waals surface area contributed by atoms with Gasteiger partial charge in [0.15, 0.2) is 0 Å². The number of nitrogens with zero attached hydrogens (tertiary/aromatic N) is 2. The molecule has 1 aromatic carbocycles. The van der Waals surface area contributed by atoms with E-state index in [1.807, 2.05) is 18.2 Å². The second kappa shape index (κ2) is 4.17. The number of anilines is 1. The van der Waals surface area contributed by atoms with Crippen molar-refractivity contribution in [3.8, 4) is 11.3 Å². The zero-order chi connectivity index (χ0) is 12.5. The molecule has 1 aromatic heterocycles. The van der Waals surface area contributed by atoms with Gasteiger partial charge in [-0.05, 0) is 23.1 Å². The maximum atomic E-state index is 5.60. The lowest BCUT2D eigenvalue weighted by molar-refractivity contribution is 0.590. The smallest absolute Gasteiger partial charge is 0.220 e. The highest BCUT2D eigenvalue weighted by molar-refractivity contribution is 5.61.